The summed E-state index contributed by atoms with van der Waals surface area (Å²) in [5, 5.41) is 8.71. The molecule has 0 bridgehead atoms. The van der Waals surface area contributed by atoms with Crippen LogP contribution in [0, 0.1) is 0 Å². The second-order valence-electron chi connectivity index (χ2n) is 6.50. The lowest BCUT2D eigenvalue weighted by Crippen LogP contribution is -2.52. The summed E-state index contributed by atoms with van der Waals surface area (Å²) >= 11 is 0. The van der Waals surface area contributed by atoms with Crippen LogP contribution in [0.15, 0.2) is 24.3 Å². The molecular weight excluding hydrogens is 338 g/mol. The lowest BCUT2D eigenvalue weighted by atomic mass is 9.82. The molecule has 1 spiro atoms. The van der Waals surface area contributed by atoms with Crippen molar-refractivity contribution in [3.05, 3.63) is 35.4 Å². The fourth-order valence-electron chi connectivity index (χ4n) is 3.37. The number of fused-ring (bicyclic) bond motifs is 1. The van der Waals surface area contributed by atoms with Gasteiger partial charge < -0.3 is 19.5 Å². The number of likely N-dealkylation sites (tertiary alicyclic amines) is 1. The Kier molecular flexibility index (Phi) is 4.97. The molecular formula is C19H21NO6. The summed E-state index contributed by atoms with van der Waals surface area (Å²) in [7, 11) is 0. The second kappa shape index (κ2) is 7.19. The first-order valence-corrected chi connectivity index (χ1v) is 8.61. The van der Waals surface area contributed by atoms with Gasteiger partial charge in [-0.25, -0.2) is 9.59 Å². The Morgan fingerprint density at radius 3 is 2.73 bits per heavy atom. The maximum atomic E-state index is 12.6. The molecule has 26 heavy (non-hydrogen) atoms. The van der Waals surface area contributed by atoms with Crippen LogP contribution in [0.5, 0.6) is 5.75 Å². The molecule has 1 fully saturated rings. The fraction of sp³-hybridized carbons (Fsp3) is 0.421. The van der Waals surface area contributed by atoms with Crippen molar-refractivity contribution < 1.29 is 29.0 Å². The quantitative estimate of drug-likeness (QED) is 0.834. The van der Waals surface area contributed by atoms with Crippen LogP contribution >= 0.6 is 0 Å². The van der Waals surface area contributed by atoms with Crippen molar-refractivity contribution in [3.8, 4) is 5.75 Å². The number of ether oxygens (including phenoxy) is 2. The van der Waals surface area contributed by atoms with Crippen LogP contribution in [0.25, 0.3) is 6.08 Å². The van der Waals surface area contributed by atoms with Crippen LogP contribution in [0.3, 0.4) is 0 Å². The number of amides is 1. The summed E-state index contributed by atoms with van der Waals surface area (Å²) in [4.78, 5) is 36.7. The minimum absolute atomic E-state index is 0.0265. The van der Waals surface area contributed by atoms with Crippen molar-refractivity contribution in [2.45, 2.75) is 31.8 Å². The van der Waals surface area contributed by atoms with Gasteiger partial charge in [0.15, 0.2) is 5.78 Å². The third kappa shape index (κ3) is 3.71. The molecule has 0 saturated carbocycles. The van der Waals surface area contributed by atoms with Crippen LogP contribution in [0.2, 0.25) is 0 Å². The number of Topliss-reactive ketones (excluding diaryl/α,β-unsaturated/α-hetero) is 1. The van der Waals surface area contributed by atoms with Gasteiger partial charge in [0.1, 0.15) is 11.4 Å². The van der Waals surface area contributed by atoms with Crippen LogP contribution in [-0.4, -0.2) is 53.1 Å². The van der Waals surface area contributed by atoms with E-state index >= 15 is 0 Å². The van der Waals surface area contributed by atoms with Gasteiger partial charge in [-0.2, -0.15) is 0 Å². The monoisotopic (exact) mass is 359 g/mol. The largest absolute Gasteiger partial charge is 0.486 e. The summed E-state index contributed by atoms with van der Waals surface area (Å²) in [5.41, 5.74) is 0.512. The van der Waals surface area contributed by atoms with Crippen molar-refractivity contribution in [1.29, 1.82) is 0 Å². The fourth-order valence-corrected chi connectivity index (χ4v) is 3.37. The molecule has 2 heterocycles. The van der Waals surface area contributed by atoms with E-state index in [4.69, 9.17) is 14.6 Å². The first-order valence-electron chi connectivity index (χ1n) is 8.61. The highest BCUT2D eigenvalue weighted by molar-refractivity contribution is 6.01. The molecule has 138 valence electrons. The molecule has 0 aliphatic carbocycles. The van der Waals surface area contributed by atoms with Crippen molar-refractivity contribution in [2.75, 3.05) is 19.7 Å². The first-order chi connectivity index (χ1) is 12.4. The summed E-state index contributed by atoms with van der Waals surface area (Å²) in [6.07, 6.45) is 3.53. The predicted molar refractivity (Wildman–Crippen MR) is 93.2 cm³/mol. The molecule has 1 aromatic carbocycles. The van der Waals surface area contributed by atoms with Gasteiger partial charge in [-0.1, -0.05) is 6.07 Å². The summed E-state index contributed by atoms with van der Waals surface area (Å²) in [6.45, 7) is 3.08. The molecule has 0 radical (unpaired) electrons. The number of nitrogens with zero attached hydrogens (tertiary/aromatic N) is 1. The molecule has 0 aromatic heterocycles. The van der Waals surface area contributed by atoms with Crippen LogP contribution in [-0.2, 0) is 9.53 Å². The lowest BCUT2D eigenvalue weighted by Gasteiger charge is -2.43. The van der Waals surface area contributed by atoms with Gasteiger partial charge >= 0.3 is 12.1 Å². The zero-order chi connectivity index (χ0) is 18.7. The van der Waals surface area contributed by atoms with Crippen LogP contribution in [0.4, 0.5) is 4.79 Å². The van der Waals surface area contributed by atoms with E-state index < -0.39 is 11.6 Å². The van der Waals surface area contributed by atoms with E-state index in [0.29, 0.717) is 49.4 Å². The molecule has 1 N–H and O–H groups in total. The Labute approximate surface area is 151 Å². The number of hydrogen-bond acceptors (Lipinski definition) is 5. The van der Waals surface area contributed by atoms with Gasteiger partial charge in [-0.3, -0.25) is 4.79 Å². The highest BCUT2D eigenvalue weighted by Crippen LogP contribution is 2.39. The smallest absolute Gasteiger partial charge is 0.409 e. The zero-order valence-corrected chi connectivity index (χ0v) is 14.6. The Bertz CT molecular complexity index is 761. The van der Waals surface area contributed by atoms with Crippen LogP contribution < -0.4 is 4.74 Å². The maximum Gasteiger partial charge on any atom is 0.409 e. The molecule has 7 heteroatoms. The lowest BCUT2D eigenvalue weighted by molar-refractivity contribution is -0.131. The summed E-state index contributed by atoms with van der Waals surface area (Å²) in [6, 6.07) is 5.07. The number of piperidine rings is 1. The highest BCUT2D eigenvalue weighted by atomic mass is 16.6. The average molecular weight is 359 g/mol. The standard InChI is InChI=1S/C19H21NO6/c1-2-25-18(24)20-9-7-19(8-10-20)12-15(21)14-11-13(4-6-17(22)23)3-5-16(14)26-19/h3-6,11H,2,7-10,12H2,1H3,(H,22,23). The van der Waals surface area contributed by atoms with Crippen LogP contribution in [0.1, 0.15) is 42.1 Å². The maximum absolute atomic E-state index is 12.6. The minimum atomic E-state index is -1.04. The second-order valence-corrected chi connectivity index (χ2v) is 6.50. The molecule has 3 rings (SSSR count). The van der Waals surface area contributed by atoms with Gasteiger partial charge in [0.25, 0.3) is 0 Å². The number of carboxylic acid groups (broad SMARTS) is 1. The van der Waals surface area contributed by atoms with Gasteiger partial charge in [-0.15, -0.1) is 0 Å². The third-order valence-electron chi connectivity index (χ3n) is 4.73. The average Bonchev–Trinajstić information content (AvgIpc) is 2.61. The van der Waals surface area contributed by atoms with Gasteiger partial charge in [0, 0.05) is 32.0 Å². The van der Waals surface area contributed by atoms with E-state index in [2.05, 4.69) is 0 Å². The Morgan fingerprint density at radius 2 is 2.08 bits per heavy atom. The van der Waals surface area contributed by atoms with Crippen molar-refractivity contribution >= 4 is 23.9 Å². The Balaban J connectivity index is 1.73. The number of rotatable bonds is 3. The van der Waals surface area contributed by atoms with Gasteiger partial charge in [0.05, 0.1) is 18.6 Å². The number of aliphatic carboxylic acids is 1. The molecule has 1 amide bonds. The topological polar surface area (TPSA) is 93.1 Å². The molecule has 2 aliphatic heterocycles. The molecule has 7 nitrogen and oxygen atoms in total. The number of carbonyl (C=O) groups excluding carboxylic acids is 2. The molecule has 2 aliphatic rings. The van der Waals surface area contributed by atoms with E-state index in [-0.39, 0.29) is 18.3 Å². The van der Waals surface area contributed by atoms with E-state index in [1.165, 1.54) is 6.08 Å². The highest BCUT2D eigenvalue weighted by Gasteiger charge is 2.43. The molecule has 1 aromatic rings. The number of ketones is 1. The number of carboxylic acids is 1. The first kappa shape index (κ1) is 18.0. The summed E-state index contributed by atoms with van der Waals surface area (Å²) < 4.78 is 11.2. The normalized spacial score (nSPS) is 18.5. The van der Waals surface area contributed by atoms with Crippen molar-refractivity contribution in [3.63, 3.8) is 0 Å². The number of hydrogen-bond donors (Lipinski definition) is 1. The van der Waals surface area contributed by atoms with Gasteiger partial charge in [-0.05, 0) is 30.7 Å². The van der Waals surface area contributed by atoms with E-state index in [0.717, 1.165) is 6.08 Å². The Hall–Kier alpha value is -2.83. The number of carbonyl (C=O) groups is 3. The van der Waals surface area contributed by atoms with Crippen molar-refractivity contribution in [1.82, 2.24) is 4.90 Å². The summed E-state index contributed by atoms with van der Waals surface area (Å²) in [5.74, 6) is -0.558. The molecule has 1 saturated heterocycles. The van der Waals surface area contributed by atoms with E-state index in [1.807, 2.05) is 0 Å². The van der Waals surface area contributed by atoms with Gasteiger partial charge in [0.2, 0.25) is 0 Å². The third-order valence-corrected chi connectivity index (χ3v) is 4.73. The van der Waals surface area contributed by atoms with Crippen molar-refractivity contribution in [2.24, 2.45) is 0 Å². The molecule has 0 atom stereocenters. The SMILES string of the molecule is CCOC(=O)N1CCC2(CC1)CC(=O)c1cc(C=CC(=O)O)ccc1O2. The van der Waals surface area contributed by atoms with E-state index in [9.17, 15) is 14.4 Å². The predicted octanol–water partition coefficient (Wildman–Crippen LogP) is 2.74. The zero-order valence-electron chi connectivity index (χ0n) is 14.6. The molecule has 0 unspecified atom stereocenters. The minimum Gasteiger partial charge on any atom is -0.486 e. The Morgan fingerprint density at radius 1 is 1.35 bits per heavy atom. The van der Waals surface area contributed by atoms with E-state index in [1.54, 1.807) is 30.0 Å². The number of benzene rings is 1.